The number of aliphatic carboxylic acids is 1. The zero-order valence-corrected chi connectivity index (χ0v) is 12.3. The van der Waals surface area contributed by atoms with Crippen LogP contribution in [0.2, 0.25) is 5.02 Å². The number of carboxylic acids is 1. The topological polar surface area (TPSA) is 110 Å². The molecule has 7 nitrogen and oxygen atoms in total. The number of carbonyl (C=O) groups is 2. The quantitative estimate of drug-likeness (QED) is 0.619. The molecule has 0 aliphatic heterocycles. The Morgan fingerprint density at radius 1 is 1.48 bits per heavy atom. The molecule has 1 rings (SSSR count). The van der Waals surface area contributed by atoms with Crippen LogP contribution in [0.15, 0.2) is 18.2 Å². The van der Waals surface area contributed by atoms with Crippen molar-refractivity contribution in [2.75, 3.05) is 0 Å². The lowest BCUT2D eigenvalue weighted by Gasteiger charge is -2.25. The van der Waals surface area contributed by atoms with Crippen molar-refractivity contribution in [3.8, 4) is 0 Å². The van der Waals surface area contributed by atoms with Crippen LogP contribution in [0.4, 0.5) is 5.69 Å². The number of nitro groups is 1. The van der Waals surface area contributed by atoms with Gasteiger partial charge in [0.1, 0.15) is 5.54 Å². The van der Waals surface area contributed by atoms with Crippen molar-refractivity contribution >= 4 is 29.2 Å². The second-order valence-corrected chi connectivity index (χ2v) is 5.17. The Kier molecular flexibility index (Phi) is 5.26. The van der Waals surface area contributed by atoms with E-state index in [0.29, 0.717) is 6.42 Å². The second-order valence-electron chi connectivity index (χ2n) is 4.76. The van der Waals surface area contributed by atoms with E-state index in [1.54, 1.807) is 6.92 Å². The minimum atomic E-state index is -1.46. The first kappa shape index (κ1) is 16.9. The van der Waals surface area contributed by atoms with Crippen LogP contribution in [-0.4, -0.2) is 27.4 Å². The molecule has 1 amide bonds. The fraction of sp³-hybridized carbons (Fsp3) is 0.385. The Morgan fingerprint density at radius 3 is 2.57 bits per heavy atom. The first-order valence-electron chi connectivity index (χ1n) is 6.21. The van der Waals surface area contributed by atoms with Gasteiger partial charge in [0, 0.05) is 12.1 Å². The summed E-state index contributed by atoms with van der Waals surface area (Å²) in [5, 5.41) is 22.3. The highest BCUT2D eigenvalue weighted by molar-refractivity contribution is 6.34. The van der Waals surface area contributed by atoms with E-state index in [1.807, 2.05) is 0 Å². The fourth-order valence-electron chi connectivity index (χ4n) is 1.84. The predicted octanol–water partition coefficient (Wildman–Crippen LogP) is 2.62. The molecule has 114 valence electrons. The average Bonchev–Trinajstić information content (AvgIpc) is 2.38. The molecule has 1 aromatic rings. The van der Waals surface area contributed by atoms with Crippen LogP contribution in [0.1, 0.15) is 37.0 Å². The fourth-order valence-corrected chi connectivity index (χ4v) is 2.05. The summed E-state index contributed by atoms with van der Waals surface area (Å²) in [4.78, 5) is 33.5. The minimum Gasteiger partial charge on any atom is -0.480 e. The van der Waals surface area contributed by atoms with Crippen molar-refractivity contribution in [2.45, 2.75) is 32.2 Å². The molecule has 0 aromatic heterocycles. The molecule has 1 aromatic carbocycles. The zero-order chi connectivity index (χ0) is 16.2. The van der Waals surface area contributed by atoms with Gasteiger partial charge in [-0.2, -0.15) is 0 Å². The van der Waals surface area contributed by atoms with Crippen molar-refractivity contribution in [3.63, 3.8) is 0 Å². The van der Waals surface area contributed by atoms with Gasteiger partial charge in [-0.05, 0) is 19.4 Å². The van der Waals surface area contributed by atoms with E-state index in [0.717, 1.165) is 6.07 Å². The summed E-state index contributed by atoms with van der Waals surface area (Å²) in [5.41, 5.74) is -1.88. The average molecular weight is 315 g/mol. The van der Waals surface area contributed by atoms with Gasteiger partial charge in [0.15, 0.2) is 0 Å². The van der Waals surface area contributed by atoms with Crippen molar-refractivity contribution < 1.29 is 19.6 Å². The van der Waals surface area contributed by atoms with Crippen molar-refractivity contribution in [2.24, 2.45) is 0 Å². The Hall–Kier alpha value is -2.15. The van der Waals surface area contributed by atoms with E-state index in [1.165, 1.54) is 19.1 Å². The molecule has 0 saturated carbocycles. The lowest BCUT2D eigenvalue weighted by molar-refractivity contribution is -0.384. The number of rotatable bonds is 6. The standard InChI is InChI=1S/C13H15ClN2O5/c1-3-6-13(2,12(18)19)15-11(17)9-7-8(16(20)21)4-5-10(9)14/h4-5,7H,3,6H2,1-2H3,(H,15,17)(H,18,19). The van der Waals surface area contributed by atoms with Crippen LogP contribution in [-0.2, 0) is 4.79 Å². The first-order valence-corrected chi connectivity index (χ1v) is 6.59. The molecule has 0 heterocycles. The number of carbonyl (C=O) groups excluding carboxylic acids is 1. The van der Waals surface area contributed by atoms with Gasteiger partial charge in [0.05, 0.1) is 15.5 Å². The highest BCUT2D eigenvalue weighted by Gasteiger charge is 2.34. The number of nitrogens with one attached hydrogen (secondary N) is 1. The molecule has 0 saturated heterocycles. The van der Waals surface area contributed by atoms with E-state index >= 15 is 0 Å². The number of halogens is 1. The zero-order valence-electron chi connectivity index (χ0n) is 11.6. The van der Waals surface area contributed by atoms with E-state index in [4.69, 9.17) is 11.6 Å². The maximum Gasteiger partial charge on any atom is 0.329 e. The Balaban J connectivity index is 3.11. The molecule has 0 fully saturated rings. The van der Waals surface area contributed by atoms with Gasteiger partial charge in [-0.3, -0.25) is 14.9 Å². The number of nitro benzene ring substituents is 1. The molecule has 1 atom stereocenters. The number of benzene rings is 1. The van der Waals surface area contributed by atoms with Crippen molar-refractivity contribution in [1.29, 1.82) is 0 Å². The highest BCUT2D eigenvalue weighted by Crippen LogP contribution is 2.23. The Bertz CT molecular complexity index is 590. The molecule has 0 spiro atoms. The third-order valence-corrected chi connectivity index (χ3v) is 3.35. The smallest absolute Gasteiger partial charge is 0.329 e. The lowest BCUT2D eigenvalue weighted by atomic mass is 9.95. The summed E-state index contributed by atoms with van der Waals surface area (Å²) in [7, 11) is 0. The van der Waals surface area contributed by atoms with Gasteiger partial charge in [-0.1, -0.05) is 24.9 Å². The van der Waals surface area contributed by atoms with Gasteiger partial charge >= 0.3 is 5.97 Å². The van der Waals surface area contributed by atoms with Gasteiger partial charge in [0.2, 0.25) is 0 Å². The molecule has 0 aliphatic rings. The van der Waals surface area contributed by atoms with Crippen LogP contribution in [0.25, 0.3) is 0 Å². The van der Waals surface area contributed by atoms with E-state index in [9.17, 15) is 24.8 Å². The molecule has 1 unspecified atom stereocenters. The molecule has 0 radical (unpaired) electrons. The van der Waals surface area contributed by atoms with Crippen molar-refractivity contribution in [3.05, 3.63) is 38.9 Å². The van der Waals surface area contributed by atoms with Crippen LogP contribution in [0.5, 0.6) is 0 Å². The number of hydrogen-bond acceptors (Lipinski definition) is 4. The largest absolute Gasteiger partial charge is 0.480 e. The van der Waals surface area contributed by atoms with Crippen LogP contribution in [0.3, 0.4) is 0 Å². The summed E-state index contributed by atoms with van der Waals surface area (Å²) in [6, 6.07) is 3.42. The Morgan fingerprint density at radius 2 is 2.10 bits per heavy atom. The third kappa shape index (κ3) is 3.91. The maximum atomic E-state index is 12.2. The van der Waals surface area contributed by atoms with E-state index in [-0.39, 0.29) is 22.7 Å². The summed E-state index contributed by atoms with van der Waals surface area (Å²) >= 11 is 5.85. The van der Waals surface area contributed by atoms with E-state index in [2.05, 4.69) is 5.32 Å². The number of carboxylic acid groups (broad SMARTS) is 1. The lowest BCUT2D eigenvalue weighted by Crippen LogP contribution is -2.52. The second kappa shape index (κ2) is 6.53. The monoisotopic (exact) mass is 314 g/mol. The number of hydrogen-bond donors (Lipinski definition) is 2. The minimum absolute atomic E-state index is 0.0161. The molecule has 2 N–H and O–H groups in total. The molecule has 0 bridgehead atoms. The summed E-state index contributed by atoms with van der Waals surface area (Å²) in [5.74, 6) is -1.94. The Labute approximate surface area is 126 Å². The summed E-state index contributed by atoms with van der Waals surface area (Å²) < 4.78 is 0. The molecule has 21 heavy (non-hydrogen) atoms. The number of amides is 1. The molecule has 8 heteroatoms. The molecular formula is C13H15ClN2O5. The van der Waals surface area contributed by atoms with Gasteiger partial charge in [-0.25, -0.2) is 4.79 Å². The number of non-ortho nitro benzene ring substituents is 1. The summed E-state index contributed by atoms with van der Waals surface area (Å²) in [6.45, 7) is 3.16. The maximum absolute atomic E-state index is 12.2. The van der Waals surface area contributed by atoms with E-state index < -0.39 is 22.3 Å². The normalized spacial score (nSPS) is 13.3. The van der Waals surface area contributed by atoms with Gasteiger partial charge in [0.25, 0.3) is 11.6 Å². The molecular weight excluding hydrogens is 300 g/mol. The highest BCUT2D eigenvalue weighted by atomic mass is 35.5. The van der Waals surface area contributed by atoms with Gasteiger partial charge < -0.3 is 10.4 Å². The van der Waals surface area contributed by atoms with Crippen LogP contribution < -0.4 is 5.32 Å². The van der Waals surface area contributed by atoms with Crippen LogP contribution in [0, 0.1) is 10.1 Å². The van der Waals surface area contributed by atoms with Crippen molar-refractivity contribution in [1.82, 2.24) is 5.32 Å². The third-order valence-electron chi connectivity index (χ3n) is 3.02. The molecule has 0 aliphatic carbocycles. The predicted molar refractivity (Wildman–Crippen MR) is 76.5 cm³/mol. The number of nitrogens with zero attached hydrogens (tertiary/aromatic N) is 1. The first-order chi connectivity index (χ1) is 9.71. The van der Waals surface area contributed by atoms with Crippen LogP contribution >= 0.6 is 11.6 Å². The van der Waals surface area contributed by atoms with Gasteiger partial charge in [-0.15, -0.1) is 0 Å². The summed E-state index contributed by atoms with van der Waals surface area (Å²) in [6.07, 6.45) is 0.770. The SMILES string of the molecule is CCCC(C)(NC(=O)c1cc([N+](=O)[O-])ccc1Cl)C(=O)O.